The smallest absolute Gasteiger partial charge is 0.270 e. The average molecular weight is 326 g/mol. The van der Waals surface area contributed by atoms with E-state index in [0.29, 0.717) is 24.1 Å². The highest BCUT2D eigenvalue weighted by atomic mass is 16.1. The molecule has 0 atom stereocenters. The zero-order valence-corrected chi connectivity index (χ0v) is 14.7. The first-order chi connectivity index (χ1) is 11.5. The van der Waals surface area contributed by atoms with Crippen molar-refractivity contribution in [3.05, 3.63) is 53.3 Å². The molecule has 1 heterocycles. The minimum absolute atomic E-state index is 0.152. The maximum Gasteiger partial charge on any atom is 0.270 e. The van der Waals surface area contributed by atoms with Crippen molar-refractivity contribution in [3.63, 3.8) is 0 Å². The lowest BCUT2D eigenvalue weighted by molar-refractivity contribution is 0.0948. The molecule has 0 radical (unpaired) electrons. The molecule has 0 unspecified atom stereocenters. The van der Waals surface area contributed by atoms with Crippen molar-refractivity contribution in [1.82, 2.24) is 15.3 Å². The summed E-state index contributed by atoms with van der Waals surface area (Å²) in [6.45, 7) is 7.51. The summed E-state index contributed by atoms with van der Waals surface area (Å²) < 4.78 is 0. The highest BCUT2D eigenvalue weighted by molar-refractivity contribution is 5.92. The Balaban J connectivity index is 1.85. The quantitative estimate of drug-likeness (QED) is 0.731. The van der Waals surface area contributed by atoms with Gasteiger partial charge in [-0.15, -0.1) is 0 Å². The summed E-state index contributed by atoms with van der Waals surface area (Å²) in [5.74, 6) is 0.851. The van der Waals surface area contributed by atoms with Crippen LogP contribution in [0.4, 0.5) is 5.95 Å². The third-order valence-electron chi connectivity index (χ3n) is 3.53. The van der Waals surface area contributed by atoms with Gasteiger partial charge in [0.05, 0.1) is 0 Å². The van der Waals surface area contributed by atoms with Crippen LogP contribution >= 0.6 is 0 Å². The van der Waals surface area contributed by atoms with Crippen molar-refractivity contribution in [2.75, 3.05) is 18.4 Å². The van der Waals surface area contributed by atoms with Crippen LogP contribution in [0.1, 0.15) is 42.0 Å². The predicted octanol–water partition coefficient (Wildman–Crippen LogP) is 3.22. The van der Waals surface area contributed by atoms with E-state index in [4.69, 9.17) is 0 Å². The highest BCUT2D eigenvalue weighted by Crippen LogP contribution is 2.06. The Kier molecular flexibility index (Phi) is 6.73. The molecule has 1 amide bonds. The zero-order chi connectivity index (χ0) is 17.4. The van der Waals surface area contributed by atoms with E-state index in [1.807, 2.05) is 25.1 Å². The molecule has 2 N–H and O–H groups in total. The lowest BCUT2D eigenvalue weighted by Crippen LogP contribution is -2.26. The topological polar surface area (TPSA) is 66.9 Å². The fourth-order valence-electron chi connectivity index (χ4n) is 2.29. The molecule has 2 rings (SSSR count). The third-order valence-corrected chi connectivity index (χ3v) is 3.53. The number of nitrogens with one attached hydrogen (secondary N) is 2. The van der Waals surface area contributed by atoms with E-state index in [-0.39, 0.29) is 5.91 Å². The SMILES string of the molecule is Cc1cc(C(=O)NCCCc2ccccc2)nc(NCC(C)C)n1. The summed E-state index contributed by atoms with van der Waals surface area (Å²) in [6, 6.07) is 12.0. The molecule has 0 bridgehead atoms. The number of aromatic nitrogens is 2. The van der Waals surface area contributed by atoms with E-state index < -0.39 is 0 Å². The lowest BCUT2D eigenvalue weighted by atomic mass is 10.1. The number of hydrogen-bond donors (Lipinski definition) is 2. The normalized spacial score (nSPS) is 10.7. The second-order valence-electron chi connectivity index (χ2n) is 6.34. The standard InChI is InChI=1S/C19H26N4O/c1-14(2)13-21-19-22-15(3)12-17(23-19)18(24)20-11-7-10-16-8-5-4-6-9-16/h4-6,8-9,12,14H,7,10-11,13H2,1-3H3,(H,20,24)(H,21,22,23). The molecule has 128 valence electrons. The van der Waals surface area contributed by atoms with Gasteiger partial charge in [0, 0.05) is 18.8 Å². The predicted molar refractivity (Wildman–Crippen MR) is 97.2 cm³/mol. The number of rotatable bonds is 8. The van der Waals surface area contributed by atoms with Crippen LogP contribution < -0.4 is 10.6 Å². The van der Waals surface area contributed by atoms with Crippen molar-refractivity contribution in [1.29, 1.82) is 0 Å². The number of benzene rings is 1. The Hall–Kier alpha value is -2.43. The fourth-order valence-corrected chi connectivity index (χ4v) is 2.29. The van der Waals surface area contributed by atoms with Gasteiger partial charge in [0.15, 0.2) is 0 Å². The summed E-state index contributed by atoms with van der Waals surface area (Å²) in [7, 11) is 0. The van der Waals surface area contributed by atoms with Crippen LogP contribution in [0.2, 0.25) is 0 Å². The van der Waals surface area contributed by atoms with Crippen molar-refractivity contribution < 1.29 is 4.79 Å². The van der Waals surface area contributed by atoms with Gasteiger partial charge in [-0.1, -0.05) is 44.2 Å². The van der Waals surface area contributed by atoms with Crippen LogP contribution in [0.5, 0.6) is 0 Å². The first kappa shape index (κ1) is 17.9. The Morgan fingerprint density at radius 1 is 1.17 bits per heavy atom. The van der Waals surface area contributed by atoms with E-state index >= 15 is 0 Å². The van der Waals surface area contributed by atoms with Gasteiger partial charge < -0.3 is 10.6 Å². The molecule has 0 saturated heterocycles. The number of carbonyl (C=O) groups is 1. The van der Waals surface area contributed by atoms with Crippen molar-refractivity contribution in [2.45, 2.75) is 33.6 Å². The van der Waals surface area contributed by atoms with Crippen LogP contribution in [0.25, 0.3) is 0 Å². The van der Waals surface area contributed by atoms with Gasteiger partial charge in [0.1, 0.15) is 5.69 Å². The van der Waals surface area contributed by atoms with Crippen molar-refractivity contribution in [2.24, 2.45) is 5.92 Å². The van der Waals surface area contributed by atoms with Gasteiger partial charge in [-0.2, -0.15) is 0 Å². The molecule has 0 saturated carbocycles. The number of hydrogen-bond acceptors (Lipinski definition) is 4. The first-order valence-corrected chi connectivity index (χ1v) is 8.46. The zero-order valence-electron chi connectivity index (χ0n) is 14.7. The minimum atomic E-state index is -0.152. The summed E-state index contributed by atoms with van der Waals surface area (Å²) in [4.78, 5) is 20.9. The van der Waals surface area contributed by atoms with Crippen LogP contribution in [0, 0.1) is 12.8 Å². The fraction of sp³-hybridized carbons (Fsp3) is 0.421. The van der Waals surface area contributed by atoms with E-state index in [0.717, 1.165) is 25.1 Å². The molecule has 0 aliphatic carbocycles. The van der Waals surface area contributed by atoms with Gasteiger partial charge in [0.2, 0.25) is 5.95 Å². The summed E-state index contributed by atoms with van der Waals surface area (Å²) in [6.07, 6.45) is 1.85. The molecule has 1 aromatic heterocycles. The molecule has 1 aromatic carbocycles. The Morgan fingerprint density at radius 2 is 1.92 bits per heavy atom. The molecule has 2 aromatic rings. The summed E-state index contributed by atoms with van der Waals surface area (Å²) in [5.41, 5.74) is 2.48. The van der Waals surface area contributed by atoms with E-state index in [2.05, 4.69) is 46.6 Å². The number of amides is 1. The maximum atomic E-state index is 12.3. The monoisotopic (exact) mass is 326 g/mol. The van der Waals surface area contributed by atoms with Crippen LogP contribution in [-0.4, -0.2) is 29.0 Å². The van der Waals surface area contributed by atoms with Crippen molar-refractivity contribution in [3.8, 4) is 0 Å². The Labute approximate surface area is 143 Å². The third kappa shape index (κ3) is 5.99. The average Bonchev–Trinajstić information content (AvgIpc) is 2.57. The molecule has 5 nitrogen and oxygen atoms in total. The van der Waals surface area contributed by atoms with Crippen molar-refractivity contribution >= 4 is 11.9 Å². The molecule has 0 fully saturated rings. The molecule has 0 aliphatic heterocycles. The Morgan fingerprint density at radius 3 is 2.62 bits per heavy atom. The first-order valence-electron chi connectivity index (χ1n) is 8.46. The largest absolute Gasteiger partial charge is 0.354 e. The number of carbonyl (C=O) groups excluding carboxylic acids is 1. The molecular weight excluding hydrogens is 300 g/mol. The molecule has 5 heteroatoms. The van der Waals surface area contributed by atoms with Gasteiger partial charge in [-0.25, -0.2) is 9.97 Å². The van der Waals surface area contributed by atoms with Crippen LogP contribution in [0.3, 0.4) is 0 Å². The van der Waals surface area contributed by atoms with E-state index in [9.17, 15) is 4.79 Å². The molecule has 0 aliphatic rings. The van der Waals surface area contributed by atoms with Crippen LogP contribution in [0.15, 0.2) is 36.4 Å². The van der Waals surface area contributed by atoms with E-state index in [1.54, 1.807) is 6.07 Å². The maximum absolute atomic E-state index is 12.3. The molecular formula is C19H26N4O. The highest BCUT2D eigenvalue weighted by Gasteiger charge is 2.10. The van der Waals surface area contributed by atoms with Gasteiger partial charge in [-0.3, -0.25) is 4.79 Å². The van der Waals surface area contributed by atoms with Gasteiger partial charge in [-0.05, 0) is 37.3 Å². The van der Waals surface area contributed by atoms with Gasteiger partial charge >= 0.3 is 0 Å². The second-order valence-corrected chi connectivity index (χ2v) is 6.34. The summed E-state index contributed by atoms with van der Waals surface area (Å²) >= 11 is 0. The lowest BCUT2D eigenvalue weighted by Gasteiger charge is -2.10. The minimum Gasteiger partial charge on any atom is -0.354 e. The number of anilines is 1. The Bertz CT molecular complexity index is 656. The number of aryl methyl sites for hydroxylation is 2. The van der Waals surface area contributed by atoms with E-state index in [1.165, 1.54) is 5.56 Å². The summed E-state index contributed by atoms with van der Waals surface area (Å²) in [5, 5.41) is 6.10. The molecule has 24 heavy (non-hydrogen) atoms. The second kappa shape index (κ2) is 9.01. The molecule has 0 spiro atoms. The van der Waals surface area contributed by atoms with Gasteiger partial charge in [0.25, 0.3) is 5.91 Å². The number of nitrogens with zero attached hydrogens (tertiary/aromatic N) is 2. The van der Waals surface area contributed by atoms with Crippen LogP contribution in [-0.2, 0) is 6.42 Å².